The Morgan fingerprint density at radius 3 is 2.65 bits per heavy atom. The van der Waals surface area contributed by atoms with Crippen LogP contribution in [-0.2, 0) is 20.9 Å². The number of amides is 1. The highest BCUT2D eigenvalue weighted by atomic mass is 32.1. The highest BCUT2D eigenvalue weighted by molar-refractivity contribution is 7.18. The van der Waals surface area contributed by atoms with E-state index < -0.39 is 17.6 Å². The number of anilines is 1. The molecule has 9 heteroatoms. The van der Waals surface area contributed by atoms with Gasteiger partial charge in [-0.2, -0.15) is 0 Å². The summed E-state index contributed by atoms with van der Waals surface area (Å²) < 4.78 is 38.5. The lowest BCUT2D eigenvalue weighted by Crippen LogP contribution is -2.30. The zero-order valence-corrected chi connectivity index (χ0v) is 18.0. The van der Waals surface area contributed by atoms with Crippen LogP contribution in [0.15, 0.2) is 36.4 Å². The summed E-state index contributed by atoms with van der Waals surface area (Å²) >= 11 is 1.17. The van der Waals surface area contributed by atoms with Crippen molar-refractivity contribution in [1.29, 1.82) is 0 Å². The van der Waals surface area contributed by atoms with Gasteiger partial charge in [-0.05, 0) is 38.1 Å². The molecule has 1 amide bonds. The molecule has 0 aliphatic carbocycles. The predicted molar refractivity (Wildman–Crippen MR) is 114 cm³/mol. The molecule has 0 N–H and O–H groups in total. The number of hydrogen-bond acceptors (Lipinski definition) is 6. The van der Waals surface area contributed by atoms with Crippen molar-refractivity contribution in [2.24, 2.45) is 0 Å². The first kappa shape index (κ1) is 22.6. The van der Waals surface area contributed by atoms with E-state index in [1.165, 1.54) is 22.3 Å². The number of fused-ring (bicyclic) bond motifs is 1. The Kier molecular flexibility index (Phi) is 7.51. The first-order valence-electron chi connectivity index (χ1n) is 9.85. The molecule has 1 heterocycles. The molecule has 31 heavy (non-hydrogen) atoms. The van der Waals surface area contributed by atoms with Gasteiger partial charge in [-0.3, -0.25) is 9.59 Å². The summed E-state index contributed by atoms with van der Waals surface area (Å²) in [6.07, 6.45) is -0.125. The molecule has 164 valence electrons. The van der Waals surface area contributed by atoms with E-state index in [-0.39, 0.29) is 37.4 Å². The third kappa shape index (κ3) is 5.55. The minimum atomic E-state index is -1.02. The van der Waals surface area contributed by atoms with E-state index in [0.717, 1.165) is 6.07 Å². The second-order valence-electron chi connectivity index (χ2n) is 6.53. The molecule has 0 spiro atoms. The summed E-state index contributed by atoms with van der Waals surface area (Å²) in [4.78, 5) is 30.3. The summed E-state index contributed by atoms with van der Waals surface area (Å²) in [5.74, 6) is -2.20. The van der Waals surface area contributed by atoms with E-state index in [0.29, 0.717) is 27.8 Å². The van der Waals surface area contributed by atoms with Gasteiger partial charge in [-0.15, -0.1) is 11.3 Å². The number of ether oxygens (including phenoxy) is 2. The van der Waals surface area contributed by atoms with Gasteiger partial charge in [0.05, 0.1) is 30.9 Å². The topological polar surface area (TPSA) is 68.7 Å². The molecule has 0 aliphatic heterocycles. The van der Waals surface area contributed by atoms with Gasteiger partial charge in [0.2, 0.25) is 5.91 Å². The minimum absolute atomic E-state index is 0.0393. The average molecular weight is 448 g/mol. The van der Waals surface area contributed by atoms with Gasteiger partial charge < -0.3 is 14.4 Å². The number of carbonyl (C=O) groups excluding carboxylic acids is 2. The summed E-state index contributed by atoms with van der Waals surface area (Å²) in [5, 5.41) is 0.436. The normalized spacial score (nSPS) is 10.8. The Bertz CT molecular complexity index is 1090. The van der Waals surface area contributed by atoms with E-state index in [9.17, 15) is 18.4 Å². The maximum Gasteiger partial charge on any atom is 0.306 e. The standard InChI is InChI=1S/C22H22F2N2O4S/c1-3-29-15-7-5-6-14(12-15)26(19(27)10-11-20(28)30-4-2)13-18-25-22-17(31-18)9-8-16(23)21(22)24/h5-9,12H,3-4,10-11,13H2,1-2H3. The van der Waals surface area contributed by atoms with Crippen molar-refractivity contribution in [2.75, 3.05) is 18.1 Å². The summed E-state index contributed by atoms with van der Waals surface area (Å²) in [7, 11) is 0. The fourth-order valence-electron chi connectivity index (χ4n) is 2.99. The zero-order chi connectivity index (χ0) is 22.4. The van der Waals surface area contributed by atoms with E-state index in [1.807, 2.05) is 6.92 Å². The summed E-state index contributed by atoms with van der Waals surface area (Å²) in [6.45, 7) is 4.28. The van der Waals surface area contributed by atoms with Crippen LogP contribution in [0.25, 0.3) is 10.2 Å². The molecule has 0 bridgehead atoms. The second kappa shape index (κ2) is 10.3. The average Bonchev–Trinajstić information content (AvgIpc) is 3.17. The molecule has 0 fully saturated rings. The van der Waals surface area contributed by atoms with Crippen molar-refractivity contribution >= 4 is 39.1 Å². The van der Waals surface area contributed by atoms with Crippen molar-refractivity contribution in [1.82, 2.24) is 4.98 Å². The third-order valence-electron chi connectivity index (χ3n) is 4.38. The van der Waals surface area contributed by atoms with Gasteiger partial charge in [0.25, 0.3) is 0 Å². The number of aromatic nitrogens is 1. The molecular formula is C22H22F2N2O4S. The van der Waals surface area contributed by atoms with Gasteiger partial charge in [-0.1, -0.05) is 6.07 Å². The maximum absolute atomic E-state index is 14.1. The molecule has 0 radical (unpaired) electrons. The fourth-order valence-corrected chi connectivity index (χ4v) is 3.95. The number of carbonyl (C=O) groups is 2. The first-order valence-corrected chi connectivity index (χ1v) is 10.7. The first-order chi connectivity index (χ1) is 14.9. The van der Waals surface area contributed by atoms with Crippen LogP contribution in [-0.4, -0.2) is 30.1 Å². The van der Waals surface area contributed by atoms with E-state index in [2.05, 4.69) is 4.98 Å². The number of thiazole rings is 1. The number of benzene rings is 2. The Morgan fingerprint density at radius 2 is 1.90 bits per heavy atom. The molecule has 3 rings (SSSR count). The Hall–Kier alpha value is -3.07. The van der Waals surface area contributed by atoms with Crippen molar-refractivity contribution < 1.29 is 27.8 Å². The van der Waals surface area contributed by atoms with Crippen LogP contribution in [0.2, 0.25) is 0 Å². The smallest absolute Gasteiger partial charge is 0.306 e. The largest absolute Gasteiger partial charge is 0.494 e. The van der Waals surface area contributed by atoms with Crippen LogP contribution >= 0.6 is 11.3 Å². The highest BCUT2D eigenvalue weighted by Gasteiger charge is 2.21. The molecule has 0 atom stereocenters. The maximum atomic E-state index is 14.1. The Morgan fingerprint density at radius 1 is 1.10 bits per heavy atom. The molecule has 0 saturated carbocycles. The van der Waals surface area contributed by atoms with Gasteiger partial charge in [0, 0.05) is 18.2 Å². The van der Waals surface area contributed by atoms with Crippen LogP contribution in [0.3, 0.4) is 0 Å². The molecule has 3 aromatic rings. The van der Waals surface area contributed by atoms with Gasteiger partial charge >= 0.3 is 5.97 Å². The Labute approximate surface area is 182 Å². The molecular weight excluding hydrogens is 426 g/mol. The van der Waals surface area contributed by atoms with E-state index in [1.54, 1.807) is 31.2 Å². The zero-order valence-electron chi connectivity index (χ0n) is 17.2. The van der Waals surface area contributed by atoms with Gasteiger partial charge in [0.15, 0.2) is 11.6 Å². The predicted octanol–water partition coefficient (Wildman–Crippen LogP) is 4.85. The fraction of sp³-hybridized carbons (Fsp3) is 0.318. The number of halogens is 2. The molecule has 1 aromatic heterocycles. The molecule has 0 aliphatic rings. The molecule has 0 saturated heterocycles. The van der Waals surface area contributed by atoms with Crippen LogP contribution in [0, 0.1) is 11.6 Å². The summed E-state index contributed by atoms with van der Waals surface area (Å²) in [6, 6.07) is 9.46. The van der Waals surface area contributed by atoms with E-state index >= 15 is 0 Å². The number of nitrogens with zero attached hydrogens (tertiary/aromatic N) is 2. The van der Waals surface area contributed by atoms with Gasteiger partial charge in [0.1, 0.15) is 16.3 Å². The molecule has 6 nitrogen and oxygen atoms in total. The molecule has 0 unspecified atom stereocenters. The number of esters is 1. The monoisotopic (exact) mass is 448 g/mol. The highest BCUT2D eigenvalue weighted by Crippen LogP contribution is 2.29. The van der Waals surface area contributed by atoms with Crippen LogP contribution in [0.1, 0.15) is 31.7 Å². The van der Waals surface area contributed by atoms with Crippen molar-refractivity contribution in [3.8, 4) is 5.75 Å². The SMILES string of the molecule is CCOC(=O)CCC(=O)N(Cc1nc2c(F)c(F)ccc2s1)c1cccc(OCC)c1. The minimum Gasteiger partial charge on any atom is -0.494 e. The quantitative estimate of drug-likeness (QED) is 0.438. The number of hydrogen-bond donors (Lipinski definition) is 0. The van der Waals surface area contributed by atoms with Crippen LogP contribution in [0.5, 0.6) is 5.75 Å². The van der Waals surface area contributed by atoms with Crippen molar-refractivity contribution in [2.45, 2.75) is 33.2 Å². The number of rotatable bonds is 9. The second-order valence-corrected chi connectivity index (χ2v) is 7.65. The van der Waals surface area contributed by atoms with Crippen molar-refractivity contribution in [3.05, 3.63) is 53.0 Å². The van der Waals surface area contributed by atoms with Crippen molar-refractivity contribution in [3.63, 3.8) is 0 Å². The van der Waals surface area contributed by atoms with Crippen LogP contribution < -0.4 is 9.64 Å². The lowest BCUT2D eigenvalue weighted by atomic mass is 10.2. The third-order valence-corrected chi connectivity index (χ3v) is 5.38. The lowest BCUT2D eigenvalue weighted by molar-refractivity contribution is -0.144. The van der Waals surface area contributed by atoms with E-state index in [4.69, 9.17) is 9.47 Å². The lowest BCUT2D eigenvalue weighted by Gasteiger charge is -2.22. The molecule has 2 aromatic carbocycles. The Balaban J connectivity index is 1.90. The van der Waals surface area contributed by atoms with Gasteiger partial charge in [-0.25, -0.2) is 13.8 Å². The van der Waals surface area contributed by atoms with Crippen LogP contribution in [0.4, 0.5) is 14.5 Å². The summed E-state index contributed by atoms with van der Waals surface area (Å²) in [5.41, 5.74) is 0.479.